The van der Waals surface area contributed by atoms with E-state index in [2.05, 4.69) is 10.5 Å². The van der Waals surface area contributed by atoms with Gasteiger partial charge in [-0.15, -0.1) is 0 Å². The van der Waals surface area contributed by atoms with Crippen molar-refractivity contribution in [1.29, 1.82) is 0 Å². The van der Waals surface area contributed by atoms with Crippen molar-refractivity contribution in [2.24, 2.45) is 5.10 Å². The van der Waals surface area contributed by atoms with E-state index < -0.39 is 0 Å². The maximum atomic E-state index is 11.6. The van der Waals surface area contributed by atoms with Crippen LogP contribution in [0.5, 0.6) is 5.75 Å². The van der Waals surface area contributed by atoms with Gasteiger partial charge >= 0.3 is 0 Å². The average Bonchev–Trinajstić information content (AvgIpc) is 2.55. The SMILES string of the molecule is O=C(CCc1ccc(O)cc1)NN=CC=Cc1ccccc1. The quantitative estimate of drug-likeness (QED) is 0.635. The summed E-state index contributed by atoms with van der Waals surface area (Å²) >= 11 is 0. The summed E-state index contributed by atoms with van der Waals surface area (Å²) in [6.45, 7) is 0. The van der Waals surface area contributed by atoms with Crippen LogP contribution in [-0.2, 0) is 11.2 Å². The molecular formula is C18H18N2O2. The Balaban J connectivity index is 1.70. The maximum Gasteiger partial charge on any atom is 0.240 e. The van der Waals surface area contributed by atoms with Crippen LogP contribution in [0.25, 0.3) is 6.08 Å². The zero-order valence-electron chi connectivity index (χ0n) is 12.1. The number of hydrazone groups is 1. The predicted octanol–water partition coefficient (Wildman–Crippen LogP) is 3.14. The molecule has 0 spiro atoms. The van der Waals surface area contributed by atoms with Gasteiger partial charge in [0.1, 0.15) is 5.75 Å². The molecule has 0 saturated carbocycles. The lowest BCUT2D eigenvalue weighted by Crippen LogP contribution is -2.17. The molecule has 2 rings (SSSR count). The third kappa shape index (κ3) is 5.63. The van der Waals surface area contributed by atoms with Gasteiger partial charge in [0.15, 0.2) is 0 Å². The molecular weight excluding hydrogens is 276 g/mol. The van der Waals surface area contributed by atoms with Crippen molar-refractivity contribution in [3.05, 3.63) is 71.8 Å². The van der Waals surface area contributed by atoms with Gasteiger partial charge in [-0.1, -0.05) is 48.5 Å². The summed E-state index contributed by atoms with van der Waals surface area (Å²) in [6, 6.07) is 16.7. The van der Waals surface area contributed by atoms with E-state index in [9.17, 15) is 9.90 Å². The molecule has 0 heterocycles. The zero-order chi connectivity index (χ0) is 15.6. The molecule has 1 amide bonds. The number of phenolic OH excluding ortho intramolecular Hbond substituents is 1. The molecule has 4 nitrogen and oxygen atoms in total. The van der Waals surface area contributed by atoms with Crippen LogP contribution in [0.15, 0.2) is 65.8 Å². The molecule has 0 aliphatic rings. The van der Waals surface area contributed by atoms with Crippen LogP contribution in [0, 0.1) is 0 Å². The number of nitrogens with one attached hydrogen (secondary N) is 1. The fourth-order valence-corrected chi connectivity index (χ4v) is 1.85. The van der Waals surface area contributed by atoms with Gasteiger partial charge in [-0.05, 0) is 35.8 Å². The molecule has 22 heavy (non-hydrogen) atoms. The van der Waals surface area contributed by atoms with Crippen LogP contribution in [0.2, 0.25) is 0 Å². The van der Waals surface area contributed by atoms with Crippen molar-refractivity contribution in [2.75, 3.05) is 0 Å². The number of hydrogen-bond acceptors (Lipinski definition) is 3. The fraction of sp³-hybridized carbons (Fsp3) is 0.111. The van der Waals surface area contributed by atoms with E-state index in [1.54, 1.807) is 36.6 Å². The molecule has 0 atom stereocenters. The van der Waals surface area contributed by atoms with Gasteiger partial charge < -0.3 is 5.11 Å². The molecule has 0 saturated heterocycles. The van der Waals surface area contributed by atoms with E-state index in [4.69, 9.17) is 0 Å². The molecule has 0 fully saturated rings. The molecule has 2 aromatic rings. The molecule has 2 N–H and O–H groups in total. The number of rotatable bonds is 6. The van der Waals surface area contributed by atoms with E-state index in [0.29, 0.717) is 12.8 Å². The standard InChI is InChI=1S/C18H18N2O2/c21-17-11-8-16(9-12-17)10-13-18(22)20-19-14-4-7-15-5-2-1-3-6-15/h1-9,11-12,14,21H,10,13H2,(H,20,22). The zero-order valence-corrected chi connectivity index (χ0v) is 12.1. The monoisotopic (exact) mass is 294 g/mol. The second-order valence-electron chi connectivity index (χ2n) is 4.75. The number of aromatic hydroxyl groups is 1. The van der Waals surface area contributed by atoms with Crippen molar-refractivity contribution in [3.8, 4) is 5.75 Å². The number of nitrogens with zero attached hydrogens (tertiary/aromatic N) is 1. The van der Waals surface area contributed by atoms with Gasteiger partial charge in [-0.25, -0.2) is 5.43 Å². The van der Waals surface area contributed by atoms with E-state index in [1.165, 1.54) is 0 Å². The van der Waals surface area contributed by atoms with Crippen molar-refractivity contribution >= 4 is 18.2 Å². The Morgan fingerprint density at radius 3 is 2.55 bits per heavy atom. The third-order valence-corrected chi connectivity index (χ3v) is 3.02. The average molecular weight is 294 g/mol. The lowest BCUT2D eigenvalue weighted by Gasteiger charge is -2.01. The Labute approximate surface area is 129 Å². The van der Waals surface area contributed by atoms with Crippen LogP contribution in [0.1, 0.15) is 17.5 Å². The van der Waals surface area contributed by atoms with E-state index in [0.717, 1.165) is 11.1 Å². The van der Waals surface area contributed by atoms with E-state index in [1.807, 2.05) is 36.4 Å². The highest BCUT2D eigenvalue weighted by Crippen LogP contribution is 2.10. The second kappa shape index (κ2) is 8.42. The Hall–Kier alpha value is -2.88. The minimum Gasteiger partial charge on any atom is -0.508 e. The van der Waals surface area contributed by atoms with Gasteiger partial charge in [-0.2, -0.15) is 5.10 Å². The van der Waals surface area contributed by atoms with Crippen molar-refractivity contribution in [3.63, 3.8) is 0 Å². The van der Waals surface area contributed by atoms with Crippen LogP contribution >= 0.6 is 0 Å². The minimum atomic E-state index is -0.141. The third-order valence-electron chi connectivity index (χ3n) is 3.02. The summed E-state index contributed by atoms with van der Waals surface area (Å²) in [6.07, 6.45) is 6.19. The predicted molar refractivity (Wildman–Crippen MR) is 88.5 cm³/mol. The van der Waals surface area contributed by atoms with Crippen LogP contribution in [0.3, 0.4) is 0 Å². The number of hydrogen-bond donors (Lipinski definition) is 2. The number of phenols is 1. The highest BCUT2D eigenvalue weighted by Gasteiger charge is 2.00. The second-order valence-corrected chi connectivity index (χ2v) is 4.75. The molecule has 2 aromatic carbocycles. The molecule has 0 aliphatic heterocycles. The summed E-state index contributed by atoms with van der Waals surface area (Å²) in [5.41, 5.74) is 4.56. The van der Waals surface area contributed by atoms with E-state index in [-0.39, 0.29) is 11.7 Å². The first kappa shape index (κ1) is 15.5. The summed E-state index contributed by atoms with van der Waals surface area (Å²) in [4.78, 5) is 11.6. The topological polar surface area (TPSA) is 61.7 Å². The molecule has 0 aliphatic carbocycles. The number of allylic oxidation sites excluding steroid dienone is 1. The van der Waals surface area contributed by atoms with Crippen molar-refractivity contribution < 1.29 is 9.90 Å². The number of benzene rings is 2. The molecule has 0 bridgehead atoms. The van der Waals surface area contributed by atoms with E-state index >= 15 is 0 Å². The first-order chi connectivity index (χ1) is 10.7. The minimum absolute atomic E-state index is 0.141. The Kier molecular flexibility index (Phi) is 5.93. The van der Waals surface area contributed by atoms with Crippen LogP contribution in [0.4, 0.5) is 0 Å². The first-order valence-corrected chi connectivity index (χ1v) is 7.05. The van der Waals surface area contributed by atoms with Crippen molar-refractivity contribution in [2.45, 2.75) is 12.8 Å². The number of amides is 1. The molecule has 0 aromatic heterocycles. The highest BCUT2D eigenvalue weighted by atomic mass is 16.3. The summed E-state index contributed by atoms with van der Waals surface area (Å²) in [5.74, 6) is 0.0837. The van der Waals surface area contributed by atoms with Gasteiger partial charge in [0, 0.05) is 12.6 Å². The molecule has 0 radical (unpaired) electrons. The molecule has 0 unspecified atom stereocenters. The number of carbonyl (C=O) groups is 1. The molecule has 4 heteroatoms. The maximum absolute atomic E-state index is 11.6. The number of carbonyl (C=O) groups excluding carboxylic acids is 1. The van der Waals surface area contributed by atoms with Gasteiger partial charge in [0.2, 0.25) is 5.91 Å². The lowest BCUT2D eigenvalue weighted by molar-refractivity contribution is -0.121. The van der Waals surface area contributed by atoms with Gasteiger partial charge in [-0.3, -0.25) is 4.79 Å². The van der Waals surface area contributed by atoms with Gasteiger partial charge in [0.25, 0.3) is 0 Å². The first-order valence-electron chi connectivity index (χ1n) is 7.05. The van der Waals surface area contributed by atoms with Crippen LogP contribution < -0.4 is 5.43 Å². The lowest BCUT2D eigenvalue weighted by atomic mass is 10.1. The van der Waals surface area contributed by atoms with Gasteiger partial charge in [0.05, 0.1) is 0 Å². The fourth-order valence-electron chi connectivity index (χ4n) is 1.85. The normalized spacial score (nSPS) is 11.1. The highest BCUT2D eigenvalue weighted by molar-refractivity contribution is 5.81. The summed E-state index contributed by atoms with van der Waals surface area (Å²) in [7, 11) is 0. The Morgan fingerprint density at radius 1 is 1.09 bits per heavy atom. The Morgan fingerprint density at radius 2 is 1.82 bits per heavy atom. The largest absolute Gasteiger partial charge is 0.508 e. The van der Waals surface area contributed by atoms with Crippen LogP contribution in [-0.4, -0.2) is 17.2 Å². The summed E-state index contributed by atoms with van der Waals surface area (Å²) < 4.78 is 0. The number of aryl methyl sites for hydroxylation is 1. The summed E-state index contributed by atoms with van der Waals surface area (Å²) in [5, 5.41) is 13.0. The van der Waals surface area contributed by atoms with Crippen molar-refractivity contribution in [1.82, 2.24) is 5.43 Å². The smallest absolute Gasteiger partial charge is 0.240 e. The Bertz CT molecular complexity index is 647. The molecule has 112 valence electrons.